The highest BCUT2D eigenvalue weighted by molar-refractivity contribution is 5.15. The molecule has 1 aliphatic rings. The van der Waals surface area contributed by atoms with Crippen molar-refractivity contribution in [1.29, 1.82) is 0 Å². The van der Waals surface area contributed by atoms with E-state index in [-0.39, 0.29) is 5.66 Å². The van der Waals surface area contributed by atoms with Gasteiger partial charge in [0.1, 0.15) is 5.66 Å². The Morgan fingerprint density at radius 2 is 1.80 bits per heavy atom. The average molecular weight is 205 g/mol. The number of aromatic nitrogens is 1. The van der Waals surface area contributed by atoms with E-state index in [1.807, 2.05) is 18.3 Å². The Bertz CT molecular complexity index is 322. The minimum Gasteiger partial charge on any atom is -0.294 e. The molecule has 1 aromatic rings. The summed E-state index contributed by atoms with van der Waals surface area (Å²) in [5.41, 5.74) is 1.19. The minimum absolute atomic E-state index is 0.184. The highest BCUT2D eigenvalue weighted by Crippen LogP contribution is 2.24. The van der Waals surface area contributed by atoms with Crippen LogP contribution < -0.4 is 10.6 Å². The molecule has 15 heavy (non-hydrogen) atoms. The Morgan fingerprint density at radius 3 is 2.33 bits per heavy atom. The van der Waals surface area contributed by atoms with Crippen LogP contribution in [0.1, 0.15) is 26.5 Å². The minimum atomic E-state index is -0.184. The molecule has 1 fully saturated rings. The van der Waals surface area contributed by atoms with E-state index in [9.17, 15) is 0 Å². The number of nitrogens with one attached hydrogen (secondary N) is 2. The lowest BCUT2D eigenvalue weighted by Gasteiger charge is -2.43. The number of hydrogen-bond acceptors (Lipinski definition) is 3. The average Bonchev–Trinajstić information content (AvgIpc) is 2.24. The quantitative estimate of drug-likeness (QED) is 0.729. The second-order valence-corrected chi connectivity index (χ2v) is 5.21. The van der Waals surface area contributed by atoms with Gasteiger partial charge in [-0.3, -0.25) is 15.6 Å². The van der Waals surface area contributed by atoms with E-state index in [2.05, 4.69) is 42.5 Å². The van der Waals surface area contributed by atoms with Gasteiger partial charge in [0.2, 0.25) is 0 Å². The monoisotopic (exact) mass is 205 g/mol. The third-order valence-corrected chi connectivity index (χ3v) is 3.02. The molecule has 0 spiro atoms. The summed E-state index contributed by atoms with van der Waals surface area (Å²) in [4.78, 5) is 4.40. The molecule has 0 bridgehead atoms. The van der Waals surface area contributed by atoms with Gasteiger partial charge in [-0.1, -0.05) is 19.9 Å². The van der Waals surface area contributed by atoms with Crippen molar-refractivity contribution < 1.29 is 0 Å². The molecule has 0 saturated carbocycles. The van der Waals surface area contributed by atoms with Gasteiger partial charge in [-0.05, 0) is 24.5 Å². The molecule has 1 aliphatic heterocycles. The number of hydrogen-bond donors (Lipinski definition) is 2. The van der Waals surface area contributed by atoms with Crippen LogP contribution in [-0.2, 0) is 5.66 Å². The largest absolute Gasteiger partial charge is 0.294 e. The van der Waals surface area contributed by atoms with E-state index >= 15 is 0 Å². The van der Waals surface area contributed by atoms with Crippen LogP contribution in [0, 0.1) is 5.41 Å². The number of rotatable bonds is 1. The molecule has 1 saturated heterocycles. The van der Waals surface area contributed by atoms with Crippen molar-refractivity contribution in [3.63, 3.8) is 0 Å². The van der Waals surface area contributed by atoms with Gasteiger partial charge < -0.3 is 0 Å². The Kier molecular flexibility index (Phi) is 2.52. The Morgan fingerprint density at radius 1 is 1.13 bits per heavy atom. The van der Waals surface area contributed by atoms with E-state index in [0.29, 0.717) is 5.41 Å². The fraction of sp³-hybridized carbons (Fsp3) is 0.583. The first-order valence-corrected chi connectivity index (χ1v) is 5.43. The van der Waals surface area contributed by atoms with Gasteiger partial charge in [-0.25, -0.2) is 0 Å². The van der Waals surface area contributed by atoms with Crippen LogP contribution in [-0.4, -0.2) is 18.1 Å². The molecule has 2 N–H and O–H groups in total. The molecule has 0 aromatic carbocycles. The Labute approximate surface area is 91.3 Å². The first-order chi connectivity index (χ1) is 7.02. The summed E-state index contributed by atoms with van der Waals surface area (Å²) in [5, 5.41) is 7.06. The fourth-order valence-corrected chi connectivity index (χ4v) is 1.80. The Balaban J connectivity index is 2.17. The summed E-state index contributed by atoms with van der Waals surface area (Å²) in [5.74, 6) is 0. The van der Waals surface area contributed by atoms with Crippen molar-refractivity contribution in [3.05, 3.63) is 30.1 Å². The van der Waals surface area contributed by atoms with Crippen molar-refractivity contribution in [1.82, 2.24) is 15.6 Å². The molecule has 2 rings (SSSR count). The van der Waals surface area contributed by atoms with Crippen LogP contribution in [0.4, 0.5) is 0 Å². The summed E-state index contributed by atoms with van der Waals surface area (Å²) in [7, 11) is 0. The highest BCUT2D eigenvalue weighted by atomic mass is 15.2. The van der Waals surface area contributed by atoms with E-state index in [1.165, 1.54) is 0 Å². The first kappa shape index (κ1) is 10.6. The van der Waals surface area contributed by atoms with E-state index in [1.54, 1.807) is 0 Å². The SMILES string of the molecule is CC1(C)CNC(C)(c2ccccn2)NC1. The third kappa shape index (κ3) is 2.19. The first-order valence-electron chi connectivity index (χ1n) is 5.43. The second kappa shape index (κ2) is 3.58. The molecule has 2 heterocycles. The topological polar surface area (TPSA) is 37.0 Å². The molecular weight excluding hydrogens is 186 g/mol. The van der Waals surface area contributed by atoms with Gasteiger partial charge in [0.25, 0.3) is 0 Å². The fourth-order valence-electron chi connectivity index (χ4n) is 1.80. The summed E-state index contributed by atoms with van der Waals surface area (Å²) >= 11 is 0. The molecule has 3 nitrogen and oxygen atoms in total. The molecule has 0 atom stereocenters. The molecule has 0 amide bonds. The zero-order chi connectivity index (χ0) is 10.9. The molecule has 0 unspecified atom stereocenters. The van der Waals surface area contributed by atoms with Gasteiger partial charge in [0.15, 0.2) is 0 Å². The second-order valence-electron chi connectivity index (χ2n) is 5.21. The van der Waals surface area contributed by atoms with Gasteiger partial charge in [-0.15, -0.1) is 0 Å². The molecular formula is C12H19N3. The van der Waals surface area contributed by atoms with Crippen molar-refractivity contribution in [2.24, 2.45) is 5.41 Å². The van der Waals surface area contributed by atoms with Crippen LogP contribution in [0.3, 0.4) is 0 Å². The Hall–Kier alpha value is -0.930. The summed E-state index contributed by atoms with van der Waals surface area (Å²) in [6.07, 6.45) is 1.84. The standard InChI is InChI=1S/C12H19N3/c1-11(2)8-14-12(3,15-9-11)10-6-4-5-7-13-10/h4-7,14-15H,8-9H2,1-3H3. The van der Waals surface area contributed by atoms with Crippen molar-refractivity contribution >= 4 is 0 Å². The van der Waals surface area contributed by atoms with E-state index in [4.69, 9.17) is 0 Å². The predicted octanol–water partition coefficient (Wildman–Crippen LogP) is 1.47. The number of nitrogens with zero attached hydrogens (tertiary/aromatic N) is 1. The van der Waals surface area contributed by atoms with Crippen molar-refractivity contribution in [2.45, 2.75) is 26.4 Å². The zero-order valence-corrected chi connectivity index (χ0v) is 9.67. The van der Waals surface area contributed by atoms with E-state index in [0.717, 1.165) is 18.8 Å². The maximum Gasteiger partial charge on any atom is 0.109 e. The lowest BCUT2D eigenvalue weighted by atomic mass is 9.88. The van der Waals surface area contributed by atoms with Gasteiger partial charge in [-0.2, -0.15) is 0 Å². The van der Waals surface area contributed by atoms with Gasteiger partial charge in [0.05, 0.1) is 5.69 Å². The summed E-state index contributed by atoms with van der Waals surface area (Å²) in [6, 6.07) is 6.02. The lowest BCUT2D eigenvalue weighted by molar-refractivity contribution is 0.144. The molecule has 0 radical (unpaired) electrons. The lowest BCUT2D eigenvalue weighted by Crippen LogP contribution is -2.62. The maximum atomic E-state index is 4.40. The molecule has 3 heteroatoms. The predicted molar refractivity (Wildman–Crippen MR) is 61.4 cm³/mol. The van der Waals surface area contributed by atoms with Crippen LogP contribution >= 0.6 is 0 Å². The van der Waals surface area contributed by atoms with Crippen LogP contribution in [0.25, 0.3) is 0 Å². The van der Waals surface area contributed by atoms with Gasteiger partial charge in [0, 0.05) is 19.3 Å². The summed E-state index contributed by atoms with van der Waals surface area (Å²) < 4.78 is 0. The van der Waals surface area contributed by atoms with Crippen molar-refractivity contribution in [3.8, 4) is 0 Å². The normalized spacial score (nSPS) is 23.7. The summed E-state index contributed by atoms with van der Waals surface area (Å²) in [6.45, 7) is 8.67. The molecule has 1 aromatic heterocycles. The van der Waals surface area contributed by atoms with Crippen LogP contribution in [0.15, 0.2) is 24.4 Å². The third-order valence-electron chi connectivity index (χ3n) is 3.02. The molecule has 82 valence electrons. The highest BCUT2D eigenvalue weighted by Gasteiger charge is 2.35. The smallest absolute Gasteiger partial charge is 0.109 e. The zero-order valence-electron chi connectivity index (χ0n) is 9.67. The van der Waals surface area contributed by atoms with Gasteiger partial charge >= 0.3 is 0 Å². The van der Waals surface area contributed by atoms with E-state index < -0.39 is 0 Å². The number of pyridine rings is 1. The van der Waals surface area contributed by atoms with Crippen LogP contribution in [0.5, 0.6) is 0 Å². The van der Waals surface area contributed by atoms with Crippen molar-refractivity contribution in [2.75, 3.05) is 13.1 Å². The molecule has 0 aliphatic carbocycles. The maximum absolute atomic E-state index is 4.40. The van der Waals surface area contributed by atoms with Crippen LogP contribution in [0.2, 0.25) is 0 Å².